The fourth-order valence-corrected chi connectivity index (χ4v) is 3.80. The third-order valence-electron chi connectivity index (χ3n) is 3.67. The minimum Gasteiger partial charge on any atom is -0.462 e. The van der Waals surface area contributed by atoms with E-state index >= 15 is 0 Å². The van der Waals surface area contributed by atoms with Crippen molar-refractivity contribution in [1.82, 2.24) is 14.5 Å². The zero-order valence-corrected chi connectivity index (χ0v) is 16.7. The third-order valence-corrected chi connectivity index (χ3v) is 5.40. The van der Waals surface area contributed by atoms with Crippen molar-refractivity contribution in [2.24, 2.45) is 0 Å². The molecule has 0 aliphatic rings. The van der Waals surface area contributed by atoms with Gasteiger partial charge in [-0.25, -0.2) is 14.8 Å². The van der Waals surface area contributed by atoms with Crippen LogP contribution >= 0.6 is 23.1 Å². The minimum absolute atomic E-state index is 0.290. The first-order valence-electron chi connectivity index (χ1n) is 8.17. The number of hydrogen-bond acceptors (Lipinski definition) is 7. The average molecular weight is 403 g/mol. The number of amides is 1. The molecule has 2 aromatic heterocycles. The molecule has 0 bridgehead atoms. The standard InChI is InChI=1S/C18H18N4O3S2/c1-4-25-16(24)14-11(2)20-17(27-14)21-15(23)12-5-7-13(8-6-12)22-10-9-19-18(22)26-3/h5-10H,4H2,1-3H3,(H,20,21,23). The Morgan fingerprint density at radius 2 is 2.04 bits per heavy atom. The summed E-state index contributed by atoms with van der Waals surface area (Å²) in [6, 6.07) is 7.18. The number of imidazole rings is 1. The van der Waals surface area contributed by atoms with Crippen molar-refractivity contribution in [3.8, 4) is 5.69 Å². The van der Waals surface area contributed by atoms with Gasteiger partial charge in [0.1, 0.15) is 4.88 Å². The predicted octanol–water partition coefficient (Wildman–Crippen LogP) is 3.79. The van der Waals surface area contributed by atoms with Crippen LogP contribution in [0.2, 0.25) is 0 Å². The van der Waals surface area contributed by atoms with Crippen LogP contribution in [0, 0.1) is 6.92 Å². The number of thiazole rings is 1. The molecule has 0 atom stereocenters. The quantitative estimate of drug-likeness (QED) is 0.499. The van der Waals surface area contributed by atoms with E-state index in [0.29, 0.717) is 27.9 Å². The van der Waals surface area contributed by atoms with Crippen LogP contribution in [0.1, 0.15) is 32.6 Å². The Hall–Kier alpha value is -2.65. The summed E-state index contributed by atoms with van der Waals surface area (Å²) in [4.78, 5) is 33.2. The number of nitrogens with zero attached hydrogens (tertiary/aromatic N) is 3. The summed E-state index contributed by atoms with van der Waals surface area (Å²) in [5, 5.41) is 3.97. The highest BCUT2D eigenvalue weighted by atomic mass is 32.2. The Morgan fingerprint density at radius 3 is 2.70 bits per heavy atom. The van der Waals surface area contributed by atoms with Gasteiger partial charge >= 0.3 is 5.97 Å². The summed E-state index contributed by atoms with van der Waals surface area (Å²) >= 11 is 2.65. The maximum Gasteiger partial charge on any atom is 0.350 e. The molecule has 27 heavy (non-hydrogen) atoms. The Morgan fingerprint density at radius 1 is 1.30 bits per heavy atom. The van der Waals surface area contributed by atoms with Crippen molar-refractivity contribution >= 4 is 40.1 Å². The molecule has 0 fully saturated rings. The molecule has 0 aliphatic heterocycles. The minimum atomic E-state index is -0.428. The molecule has 0 spiro atoms. The number of benzene rings is 1. The molecule has 7 nitrogen and oxygen atoms in total. The van der Waals surface area contributed by atoms with E-state index in [1.165, 1.54) is 0 Å². The van der Waals surface area contributed by atoms with E-state index in [4.69, 9.17) is 4.74 Å². The van der Waals surface area contributed by atoms with Gasteiger partial charge in [-0.1, -0.05) is 23.1 Å². The number of anilines is 1. The first kappa shape index (κ1) is 19.1. The van der Waals surface area contributed by atoms with Crippen LogP contribution in [0.15, 0.2) is 41.8 Å². The zero-order valence-electron chi connectivity index (χ0n) is 15.1. The second kappa shape index (κ2) is 8.36. The number of hydrogen-bond donors (Lipinski definition) is 1. The first-order chi connectivity index (χ1) is 13.0. The number of esters is 1. The molecule has 2 heterocycles. The fourth-order valence-electron chi connectivity index (χ4n) is 2.42. The molecule has 3 aromatic rings. The van der Waals surface area contributed by atoms with Crippen molar-refractivity contribution in [1.29, 1.82) is 0 Å². The van der Waals surface area contributed by atoms with Crippen molar-refractivity contribution in [3.05, 3.63) is 52.8 Å². The van der Waals surface area contributed by atoms with Gasteiger partial charge in [0, 0.05) is 23.6 Å². The molecule has 0 saturated heterocycles. The van der Waals surface area contributed by atoms with Crippen LogP contribution in [0.5, 0.6) is 0 Å². The maximum atomic E-state index is 12.5. The molecule has 140 valence electrons. The molecule has 0 aliphatic carbocycles. The van der Waals surface area contributed by atoms with Crippen LogP contribution in [-0.2, 0) is 4.74 Å². The van der Waals surface area contributed by atoms with E-state index < -0.39 is 5.97 Å². The predicted molar refractivity (Wildman–Crippen MR) is 106 cm³/mol. The Labute approximate surface area is 164 Å². The van der Waals surface area contributed by atoms with Crippen molar-refractivity contribution in [2.45, 2.75) is 19.0 Å². The lowest BCUT2D eigenvalue weighted by Crippen LogP contribution is -2.11. The zero-order chi connectivity index (χ0) is 19.4. The monoisotopic (exact) mass is 402 g/mol. The van der Waals surface area contributed by atoms with Gasteiger partial charge in [-0.2, -0.15) is 0 Å². The van der Waals surface area contributed by atoms with Gasteiger partial charge in [-0.15, -0.1) is 0 Å². The van der Waals surface area contributed by atoms with Gasteiger partial charge in [0.25, 0.3) is 5.91 Å². The van der Waals surface area contributed by atoms with Gasteiger partial charge in [0.2, 0.25) is 0 Å². The number of nitrogens with one attached hydrogen (secondary N) is 1. The average Bonchev–Trinajstić information content (AvgIpc) is 3.28. The van der Waals surface area contributed by atoms with Crippen LogP contribution in [0.25, 0.3) is 5.69 Å². The molecule has 9 heteroatoms. The second-order valence-electron chi connectivity index (χ2n) is 5.44. The summed E-state index contributed by atoms with van der Waals surface area (Å²) < 4.78 is 6.94. The number of carbonyl (C=O) groups is 2. The molecular formula is C18H18N4O3S2. The van der Waals surface area contributed by atoms with Gasteiger partial charge in [-0.3, -0.25) is 14.7 Å². The van der Waals surface area contributed by atoms with E-state index in [1.807, 2.05) is 29.2 Å². The largest absolute Gasteiger partial charge is 0.462 e. The fraction of sp³-hybridized carbons (Fsp3) is 0.222. The summed E-state index contributed by atoms with van der Waals surface area (Å²) in [5.41, 5.74) is 1.95. The summed E-state index contributed by atoms with van der Waals surface area (Å²) in [6.07, 6.45) is 5.57. The topological polar surface area (TPSA) is 86.1 Å². The molecule has 1 aromatic carbocycles. The molecule has 0 unspecified atom stereocenters. The van der Waals surface area contributed by atoms with Gasteiger partial charge in [0.15, 0.2) is 10.3 Å². The van der Waals surface area contributed by atoms with Crippen LogP contribution in [-0.4, -0.2) is 39.3 Å². The lowest BCUT2D eigenvalue weighted by molar-refractivity contribution is 0.0531. The maximum absolute atomic E-state index is 12.5. The molecule has 1 amide bonds. The van der Waals surface area contributed by atoms with Gasteiger partial charge < -0.3 is 4.74 Å². The number of aromatic nitrogens is 3. The summed E-state index contributed by atoms with van der Waals surface area (Å²) in [7, 11) is 0. The smallest absolute Gasteiger partial charge is 0.350 e. The van der Waals surface area contributed by atoms with Gasteiger partial charge in [0.05, 0.1) is 12.3 Å². The molecular weight excluding hydrogens is 384 g/mol. The Kier molecular flexibility index (Phi) is 5.92. The SMILES string of the molecule is CCOC(=O)c1sc(NC(=O)c2ccc(-n3ccnc3SC)cc2)nc1C. The van der Waals surface area contributed by atoms with E-state index in [1.54, 1.807) is 43.9 Å². The van der Waals surface area contributed by atoms with E-state index in [9.17, 15) is 9.59 Å². The number of thioether (sulfide) groups is 1. The molecule has 0 saturated carbocycles. The highest BCUT2D eigenvalue weighted by Crippen LogP contribution is 2.24. The van der Waals surface area contributed by atoms with E-state index in [2.05, 4.69) is 15.3 Å². The number of aryl methyl sites for hydroxylation is 1. The lowest BCUT2D eigenvalue weighted by atomic mass is 10.2. The molecule has 3 rings (SSSR count). The second-order valence-corrected chi connectivity index (χ2v) is 7.21. The van der Waals surface area contributed by atoms with Crippen molar-refractivity contribution in [3.63, 3.8) is 0 Å². The van der Waals surface area contributed by atoms with Crippen LogP contribution in [0.4, 0.5) is 5.13 Å². The van der Waals surface area contributed by atoms with Crippen molar-refractivity contribution in [2.75, 3.05) is 18.2 Å². The van der Waals surface area contributed by atoms with E-state index in [-0.39, 0.29) is 5.91 Å². The Balaban J connectivity index is 1.73. The number of rotatable bonds is 6. The molecule has 1 N–H and O–H groups in total. The number of ether oxygens (including phenoxy) is 1. The summed E-state index contributed by atoms with van der Waals surface area (Å²) in [5.74, 6) is -0.719. The summed E-state index contributed by atoms with van der Waals surface area (Å²) in [6.45, 7) is 3.74. The van der Waals surface area contributed by atoms with Gasteiger partial charge in [-0.05, 0) is 44.4 Å². The molecule has 0 radical (unpaired) electrons. The van der Waals surface area contributed by atoms with Crippen LogP contribution in [0.3, 0.4) is 0 Å². The highest BCUT2D eigenvalue weighted by molar-refractivity contribution is 7.98. The van der Waals surface area contributed by atoms with Crippen LogP contribution < -0.4 is 5.32 Å². The van der Waals surface area contributed by atoms with E-state index in [0.717, 1.165) is 22.2 Å². The third kappa shape index (κ3) is 4.20. The normalized spacial score (nSPS) is 10.6. The first-order valence-corrected chi connectivity index (χ1v) is 10.2. The van der Waals surface area contributed by atoms with Crippen molar-refractivity contribution < 1.29 is 14.3 Å². The Bertz CT molecular complexity index is 963. The highest BCUT2D eigenvalue weighted by Gasteiger charge is 2.18. The number of carbonyl (C=O) groups excluding carboxylic acids is 2. The lowest BCUT2D eigenvalue weighted by Gasteiger charge is -2.07.